The summed E-state index contributed by atoms with van der Waals surface area (Å²) >= 11 is 0. The molecule has 0 aliphatic carbocycles. The molecule has 0 spiro atoms. The van der Waals surface area contributed by atoms with E-state index in [-0.39, 0.29) is 6.61 Å². The fraction of sp³-hybridized carbons (Fsp3) is 0.625. The molecule has 0 saturated heterocycles. The summed E-state index contributed by atoms with van der Waals surface area (Å²) in [5.74, 6) is 0.913. The monoisotopic (exact) mass is 281 g/mol. The van der Waals surface area contributed by atoms with Crippen molar-refractivity contribution in [3.63, 3.8) is 0 Å². The van der Waals surface area contributed by atoms with E-state index in [1.165, 1.54) is 5.56 Å². The number of aliphatic hydroxyl groups is 1. The predicted octanol–water partition coefficient (Wildman–Crippen LogP) is 2.53. The SMILES string of the molecule is CCCNC(CC)c1ccccc1OCCOCCO. The molecule has 1 aromatic carbocycles. The van der Waals surface area contributed by atoms with Crippen molar-refractivity contribution in [1.82, 2.24) is 5.32 Å². The van der Waals surface area contributed by atoms with Gasteiger partial charge >= 0.3 is 0 Å². The van der Waals surface area contributed by atoms with Crippen molar-refractivity contribution in [3.05, 3.63) is 29.8 Å². The van der Waals surface area contributed by atoms with Crippen molar-refractivity contribution >= 4 is 0 Å². The van der Waals surface area contributed by atoms with Gasteiger partial charge in [-0.05, 0) is 25.5 Å². The van der Waals surface area contributed by atoms with Crippen molar-refractivity contribution in [1.29, 1.82) is 0 Å². The Hall–Kier alpha value is -1.10. The molecule has 0 saturated carbocycles. The van der Waals surface area contributed by atoms with Gasteiger partial charge in [-0.25, -0.2) is 0 Å². The van der Waals surface area contributed by atoms with Crippen LogP contribution in [0.1, 0.15) is 38.3 Å². The molecule has 2 N–H and O–H groups in total. The van der Waals surface area contributed by atoms with Gasteiger partial charge in [0.1, 0.15) is 12.4 Å². The summed E-state index contributed by atoms with van der Waals surface area (Å²) in [5, 5.41) is 12.2. The van der Waals surface area contributed by atoms with Crippen LogP contribution in [-0.4, -0.2) is 38.1 Å². The summed E-state index contributed by atoms with van der Waals surface area (Å²) < 4.78 is 11.0. The zero-order valence-corrected chi connectivity index (χ0v) is 12.6. The first kappa shape index (κ1) is 17.0. The minimum absolute atomic E-state index is 0.0510. The predicted molar refractivity (Wildman–Crippen MR) is 81.2 cm³/mol. The number of hydrogen-bond acceptors (Lipinski definition) is 4. The summed E-state index contributed by atoms with van der Waals surface area (Å²) in [5.41, 5.74) is 1.20. The van der Waals surface area contributed by atoms with Crippen molar-refractivity contribution in [3.8, 4) is 5.75 Å². The van der Waals surface area contributed by atoms with E-state index in [4.69, 9.17) is 14.6 Å². The van der Waals surface area contributed by atoms with Crippen LogP contribution in [0.15, 0.2) is 24.3 Å². The van der Waals surface area contributed by atoms with Crippen molar-refractivity contribution in [2.45, 2.75) is 32.7 Å². The maximum Gasteiger partial charge on any atom is 0.124 e. The second-order valence-electron chi connectivity index (χ2n) is 4.64. The first-order valence-corrected chi connectivity index (χ1v) is 7.47. The Morgan fingerprint density at radius 1 is 1.15 bits per heavy atom. The van der Waals surface area contributed by atoms with Gasteiger partial charge in [0.05, 0.1) is 19.8 Å². The van der Waals surface area contributed by atoms with Crippen molar-refractivity contribution in [2.24, 2.45) is 0 Å². The standard InChI is InChI=1S/C16H27NO3/c1-3-9-17-15(4-2)14-7-5-6-8-16(14)20-13-12-19-11-10-18/h5-8,15,17-18H,3-4,9-13H2,1-2H3. The zero-order chi connectivity index (χ0) is 14.6. The number of para-hydroxylation sites is 1. The third kappa shape index (κ3) is 5.90. The summed E-state index contributed by atoms with van der Waals surface area (Å²) in [7, 11) is 0. The van der Waals surface area contributed by atoms with Gasteiger partial charge in [-0.1, -0.05) is 32.0 Å². The van der Waals surface area contributed by atoms with Crippen LogP contribution in [0.25, 0.3) is 0 Å². The van der Waals surface area contributed by atoms with E-state index in [9.17, 15) is 0 Å². The minimum atomic E-state index is 0.0510. The Labute approximate surface area is 122 Å². The Morgan fingerprint density at radius 3 is 2.65 bits per heavy atom. The van der Waals surface area contributed by atoms with Crippen LogP contribution in [0, 0.1) is 0 Å². The van der Waals surface area contributed by atoms with Crippen LogP contribution < -0.4 is 10.1 Å². The quantitative estimate of drug-likeness (QED) is 0.612. The summed E-state index contributed by atoms with van der Waals surface area (Å²) in [6, 6.07) is 8.46. The maximum atomic E-state index is 8.64. The zero-order valence-electron chi connectivity index (χ0n) is 12.6. The molecular weight excluding hydrogens is 254 g/mol. The second kappa shape index (κ2) is 10.7. The molecule has 1 rings (SSSR count). The molecule has 4 heteroatoms. The lowest BCUT2D eigenvalue weighted by Crippen LogP contribution is -2.22. The molecule has 0 heterocycles. The molecule has 0 radical (unpaired) electrons. The highest BCUT2D eigenvalue weighted by molar-refractivity contribution is 5.35. The minimum Gasteiger partial charge on any atom is -0.491 e. The number of ether oxygens (including phenoxy) is 2. The fourth-order valence-corrected chi connectivity index (χ4v) is 2.07. The lowest BCUT2D eigenvalue weighted by atomic mass is 10.0. The van der Waals surface area contributed by atoms with E-state index >= 15 is 0 Å². The van der Waals surface area contributed by atoms with Crippen molar-refractivity contribution in [2.75, 3.05) is 33.0 Å². The van der Waals surface area contributed by atoms with Gasteiger partial charge in [-0.2, -0.15) is 0 Å². The van der Waals surface area contributed by atoms with E-state index in [0.29, 0.717) is 25.9 Å². The lowest BCUT2D eigenvalue weighted by molar-refractivity contribution is 0.0702. The average Bonchev–Trinajstić information content (AvgIpc) is 2.49. The van der Waals surface area contributed by atoms with E-state index < -0.39 is 0 Å². The normalized spacial score (nSPS) is 12.3. The fourth-order valence-electron chi connectivity index (χ4n) is 2.07. The smallest absolute Gasteiger partial charge is 0.124 e. The molecule has 4 nitrogen and oxygen atoms in total. The third-order valence-corrected chi connectivity index (χ3v) is 3.06. The van der Waals surface area contributed by atoms with Crippen molar-refractivity contribution < 1.29 is 14.6 Å². The van der Waals surface area contributed by atoms with E-state index in [0.717, 1.165) is 25.1 Å². The number of aliphatic hydroxyl groups excluding tert-OH is 1. The molecule has 0 aromatic heterocycles. The Bertz CT molecular complexity index is 357. The number of hydrogen-bond donors (Lipinski definition) is 2. The summed E-state index contributed by atoms with van der Waals surface area (Å²) in [4.78, 5) is 0. The van der Waals surface area contributed by atoms with Crippen LogP contribution in [0.4, 0.5) is 0 Å². The topological polar surface area (TPSA) is 50.7 Å². The van der Waals surface area contributed by atoms with Gasteiger partial charge in [0.2, 0.25) is 0 Å². The highest BCUT2D eigenvalue weighted by Crippen LogP contribution is 2.27. The second-order valence-corrected chi connectivity index (χ2v) is 4.64. The maximum absolute atomic E-state index is 8.64. The van der Waals surface area contributed by atoms with Crippen LogP contribution in [-0.2, 0) is 4.74 Å². The van der Waals surface area contributed by atoms with E-state index in [1.54, 1.807) is 0 Å². The van der Waals surface area contributed by atoms with Gasteiger partial charge in [0.15, 0.2) is 0 Å². The highest BCUT2D eigenvalue weighted by atomic mass is 16.5. The highest BCUT2D eigenvalue weighted by Gasteiger charge is 2.13. The number of nitrogens with one attached hydrogen (secondary N) is 1. The van der Waals surface area contributed by atoms with Gasteiger partial charge in [-0.15, -0.1) is 0 Å². The average molecular weight is 281 g/mol. The number of benzene rings is 1. The molecular formula is C16H27NO3. The lowest BCUT2D eigenvalue weighted by Gasteiger charge is -2.20. The first-order valence-electron chi connectivity index (χ1n) is 7.47. The van der Waals surface area contributed by atoms with Crippen LogP contribution >= 0.6 is 0 Å². The molecule has 1 aromatic rings. The van der Waals surface area contributed by atoms with E-state index in [2.05, 4.69) is 25.2 Å². The molecule has 114 valence electrons. The molecule has 20 heavy (non-hydrogen) atoms. The van der Waals surface area contributed by atoms with Gasteiger partial charge in [0, 0.05) is 11.6 Å². The van der Waals surface area contributed by atoms with E-state index in [1.807, 2.05) is 18.2 Å². The Kier molecular flexibility index (Phi) is 9.04. The van der Waals surface area contributed by atoms with Gasteiger partial charge in [0.25, 0.3) is 0 Å². The summed E-state index contributed by atoms with van der Waals surface area (Å²) in [6.45, 7) is 6.76. The molecule has 0 bridgehead atoms. The Balaban J connectivity index is 2.57. The van der Waals surface area contributed by atoms with Crippen LogP contribution in [0.2, 0.25) is 0 Å². The van der Waals surface area contributed by atoms with Gasteiger partial charge < -0.3 is 19.9 Å². The molecule has 0 aliphatic heterocycles. The molecule has 1 unspecified atom stereocenters. The number of rotatable bonds is 11. The third-order valence-electron chi connectivity index (χ3n) is 3.06. The van der Waals surface area contributed by atoms with Crippen LogP contribution in [0.5, 0.6) is 5.75 Å². The largest absolute Gasteiger partial charge is 0.491 e. The molecule has 0 amide bonds. The summed E-state index contributed by atoms with van der Waals surface area (Å²) in [6.07, 6.45) is 2.15. The first-order chi connectivity index (χ1) is 9.83. The molecule has 0 fully saturated rings. The van der Waals surface area contributed by atoms with Gasteiger partial charge in [-0.3, -0.25) is 0 Å². The Morgan fingerprint density at radius 2 is 1.95 bits per heavy atom. The van der Waals surface area contributed by atoms with Crippen LogP contribution in [0.3, 0.4) is 0 Å². The molecule has 1 atom stereocenters. The molecule has 0 aliphatic rings.